The van der Waals surface area contributed by atoms with Gasteiger partial charge in [-0.3, -0.25) is 0 Å². The normalized spacial score (nSPS) is 11.1. The molecule has 0 aliphatic carbocycles. The van der Waals surface area contributed by atoms with Crippen molar-refractivity contribution < 1.29 is 0 Å². The van der Waals surface area contributed by atoms with E-state index in [2.05, 4.69) is 15.0 Å². The van der Waals surface area contributed by atoms with Crippen molar-refractivity contribution in [1.29, 1.82) is 0 Å². The molecule has 0 amide bonds. The third-order valence-electron chi connectivity index (χ3n) is 3.97. The maximum absolute atomic E-state index is 5.98. The van der Waals surface area contributed by atoms with Crippen molar-refractivity contribution >= 4 is 22.9 Å². The van der Waals surface area contributed by atoms with Crippen LogP contribution in [0.4, 0.5) is 11.8 Å². The third kappa shape index (κ3) is 2.44. The zero-order chi connectivity index (χ0) is 17.6. The van der Waals surface area contributed by atoms with Gasteiger partial charge in [0.05, 0.1) is 23.4 Å². The number of nitrogens with two attached hydrogens (primary N) is 2. The highest BCUT2D eigenvalue weighted by molar-refractivity contribution is 5.89. The predicted octanol–water partition coefficient (Wildman–Crippen LogP) is 1.96. The second-order valence-corrected chi connectivity index (χ2v) is 5.72. The Hall–Kier alpha value is -3.55. The zero-order valence-corrected chi connectivity index (χ0v) is 13.8. The van der Waals surface area contributed by atoms with Crippen molar-refractivity contribution in [2.45, 2.75) is 6.92 Å². The van der Waals surface area contributed by atoms with E-state index >= 15 is 0 Å². The molecule has 4 rings (SSSR count). The average Bonchev–Trinajstić information content (AvgIpc) is 2.93. The maximum atomic E-state index is 5.98. The van der Waals surface area contributed by atoms with E-state index in [1.165, 1.54) is 0 Å². The molecule has 0 aliphatic heterocycles. The van der Waals surface area contributed by atoms with Crippen LogP contribution in [-0.4, -0.2) is 29.5 Å². The summed E-state index contributed by atoms with van der Waals surface area (Å²) < 4.78 is 1.91. The van der Waals surface area contributed by atoms with Crippen LogP contribution in [0.2, 0.25) is 0 Å². The van der Waals surface area contributed by atoms with E-state index in [0.29, 0.717) is 22.6 Å². The summed E-state index contributed by atoms with van der Waals surface area (Å²) in [4.78, 5) is 21.9. The lowest BCUT2D eigenvalue weighted by atomic mass is 10.1. The van der Waals surface area contributed by atoms with Gasteiger partial charge in [0.2, 0.25) is 5.95 Å². The number of aromatic nitrogens is 6. The van der Waals surface area contributed by atoms with Crippen molar-refractivity contribution in [2.75, 3.05) is 11.5 Å². The molecule has 0 spiro atoms. The summed E-state index contributed by atoms with van der Waals surface area (Å²) in [5, 5.41) is 0. The molecule has 0 bridgehead atoms. The fourth-order valence-electron chi connectivity index (χ4n) is 2.83. The zero-order valence-electron chi connectivity index (χ0n) is 13.8. The van der Waals surface area contributed by atoms with Gasteiger partial charge in [-0.05, 0) is 6.92 Å². The summed E-state index contributed by atoms with van der Waals surface area (Å²) >= 11 is 0. The van der Waals surface area contributed by atoms with Gasteiger partial charge in [0.25, 0.3) is 0 Å². The third-order valence-corrected chi connectivity index (χ3v) is 3.97. The van der Waals surface area contributed by atoms with Crippen molar-refractivity contribution in [2.24, 2.45) is 7.05 Å². The number of hydrogen-bond donors (Lipinski definition) is 2. The molecule has 4 aromatic rings. The summed E-state index contributed by atoms with van der Waals surface area (Å²) in [6.07, 6.45) is 1.74. The molecule has 25 heavy (non-hydrogen) atoms. The van der Waals surface area contributed by atoms with E-state index in [1.807, 2.05) is 48.9 Å². The SMILES string of the molecule is Cc1ncn(C)c1-c1nc2nc(N)nc(N)c2nc1-c1ccccc1. The molecule has 0 aliphatic rings. The van der Waals surface area contributed by atoms with E-state index < -0.39 is 0 Å². The molecule has 3 heterocycles. The number of nitrogen functional groups attached to an aromatic ring is 2. The van der Waals surface area contributed by atoms with E-state index in [0.717, 1.165) is 17.0 Å². The second-order valence-electron chi connectivity index (χ2n) is 5.72. The number of nitrogens with zero attached hydrogens (tertiary/aromatic N) is 6. The number of rotatable bonds is 2. The van der Waals surface area contributed by atoms with Crippen molar-refractivity contribution in [3.63, 3.8) is 0 Å². The molecule has 0 saturated carbocycles. The van der Waals surface area contributed by atoms with Crippen LogP contribution in [0.3, 0.4) is 0 Å². The molecule has 4 N–H and O–H groups in total. The molecule has 8 nitrogen and oxygen atoms in total. The quantitative estimate of drug-likeness (QED) is 0.575. The molecular weight excluding hydrogens is 316 g/mol. The van der Waals surface area contributed by atoms with Gasteiger partial charge in [-0.1, -0.05) is 30.3 Å². The van der Waals surface area contributed by atoms with Crippen LogP contribution in [0.25, 0.3) is 33.8 Å². The van der Waals surface area contributed by atoms with Gasteiger partial charge >= 0.3 is 0 Å². The standard InChI is InChI=1S/C17H16N8/c1-9-14(25(2)8-20-9)12-11(10-6-4-3-5-7-10)21-13-15(18)23-17(19)24-16(13)22-12/h3-8H,1-2H3,(H4,18,19,22,23,24). The molecule has 0 unspecified atom stereocenters. The van der Waals surface area contributed by atoms with Gasteiger partial charge in [-0.25, -0.2) is 15.0 Å². The minimum atomic E-state index is 0.0689. The van der Waals surface area contributed by atoms with E-state index in [9.17, 15) is 0 Å². The molecule has 0 saturated heterocycles. The van der Waals surface area contributed by atoms with Gasteiger partial charge in [-0.15, -0.1) is 0 Å². The minimum Gasteiger partial charge on any atom is -0.382 e. The number of fused-ring (bicyclic) bond motifs is 1. The van der Waals surface area contributed by atoms with Crippen LogP contribution in [0.1, 0.15) is 5.69 Å². The summed E-state index contributed by atoms with van der Waals surface area (Å²) in [5.74, 6) is 0.278. The van der Waals surface area contributed by atoms with Crippen LogP contribution in [0, 0.1) is 6.92 Å². The minimum absolute atomic E-state index is 0.0689. The monoisotopic (exact) mass is 332 g/mol. The highest BCUT2D eigenvalue weighted by Crippen LogP contribution is 2.32. The molecule has 0 atom stereocenters. The second kappa shape index (κ2) is 5.52. The van der Waals surface area contributed by atoms with Crippen LogP contribution in [0.5, 0.6) is 0 Å². The Morgan fingerprint density at radius 1 is 0.920 bits per heavy atom. The van der Waals surface area contributed by atoms with Gasteiger partial charge in [-0.2, -0.15) is 9.97 Å². The van der Waals surface area contributed by atoms with E-state index in [-0.39, 0.29) is 11.8 Å². The number of anilines is 2. The molecule has 124 valence electrons. The summed E-state index contributed by atoms with van der Waals surface area (Å²) in [6, 6.07) is 9.79. The molecular formula is C17H16N8. The first kappa shape index (κ1) is 15.0. The van der Waals surface area contributed by atoms with Gasteiger partial charge in [0.1, 0.15) is 5.69 Å². The van der Waals surface area contributed by atoms with Crippen molar-refractivity contribution in [3.05, 3.63) is 42.4 Å². The summed E-state index contributed by atoms with van der Waals surface area (Å²) in [7, 11) is 1.92. The maximum Gasteiger partial charge on any atom is 0.224 e. The summed E-state index contributed by atoms with van der Waals surface area (Å²) in [5.41, 5.74) is 16.5. The topological polar surface area (TPSA) is 121 Å². The predicted molar refractivity (Wildman–Crippen MR) is 96.3 cm³/mol. The van der Waals surface area contributed by atoms with Gasteiger partial charge in [0.15, 0.2) is 17.0 Å². The van der Waals surface area contributed by atoms with Crippen molar-refractivity contribution in [3.8, 4) is 22.6 Å². The lowest BCUT2D eigenvalue weighted by Crippen LogP contribution is -2.06. The highest BCUT2D eigenvalue weighted by Gasteiger charge is 2.20. The lowest BCUT2D eigenvalue weighted by molar-refractivity contribution is 0.915. The number of benzene rings is 1. The fraction of sp³-hybridized carbons (Fsp3) is 0.118. The first-order chi connectivity index (χ1) is 12.0. The molecule has 8 heteroatoms. The molecule has 0 radical (unpaired) electrons. The largest absolute Gasteiger partial charge is 0.382 e. The Bertz CT molecular complexity index is 1070. The van der Waals surface area contributed by atoms with Crippen LogP contribution in [-0.2, 0) is 7.05 Å². The van der Waals surface area contributed by atoms with Gasteiger partial charge < -0.3 is 16.0 Å². The van der Waals surface area contributed by atoms with Crippen LogP contribution in [0.15, 0.2) is 36.7 Å². The van der Waals surface area contributed by atoms with Crippen molar-refractivity contribution in [1.82, 2.24) is 29.5 Å². The van der Waals surface area contributed by atoms with Crippen LogP contribution >= 0.6 is 0 Å². The Labute approximate surface area is 143 Å². The average molecular weight is 332 g/mol. The smallest absolute Gasteiger partial charge is 0.224 e. The van der Waals surface area contributed by atoms with Crippen LogP contribution < -0.4 is 11.5 Å². The Morgan fingerprint density at radius 3 is 2.36 bits per heavy atom. The fourth-order valence-corrected chi connectivity index (χ4v) is 2.83. The lowest BCUT2D eigenvalue weighted by Gasteiger charge is -2.12. The van der Waals surface area contributed by atoms with Gasteiger partial charge in [0, 0.05) is 12.6 Å². The molecule has 1 aromatic carbocycles. The summed E-state index contributed by atoms with van der Waals surface area (Å²) in [6.45, 7) is 1.93. The number of imidazole rings is 1. The highest BCUT2D eigenvalue weighted by atomic mass is 15.1. The number of aryl methyl sites for hydroxylation is 2. The first-order valence-corrected chi connectivity index (χ1v) is 7.69. The number of hydrogen-bond acceptors (Lipinski definition) is 7. The van der Waals surface area contributed by atoms with E-state index in [1.54, 1.807) is 6.33 Å². The Balaban J connectivity index is 2.12. The molecule has 0 fully saturated rings. The van der Waals surface area contributed by atoms with E-state index in [4.69, 9.17) is 21.4 Å². The molecule has 3 aromatic heterocycles. The first-order valence-electron chi connectivity index (χ1n) is 7.69. The Morgan fingerprint density at radius 2 is 1.68 bits per heavy atom. The Kier molecular flexibility index (Phi) is 3.31.